The average molecular weight is 925 g/mol. The topological polar surface area (TPSA) is 124 Å². The fourth-order valence-electron chi connectivity index (χ4n) is 7.81. The van der Waals surface area contributed by atoms with Crippen molar-refractivity contribution in [2.45, 2.75) is 116 Å². The first-order chi connectivity index (χ1) is 33.0. The minimum absolute atomic E-state index is 0.0207. The molecule has 0 saturated heterocycles. The summed E-state index contributed by atoms with van der Waals surface area (Å²) >= 11 is 0. The van der Waals surface area contributed by atoms with Crippen molar-refractivity contribution in [2.75, 3.05) is 25.5 Å². The van der Waals surface area contributed by atoms with Crippen LogP contribution >= 0.6 is 0 Å². The van der Waals surface area contributed by atoms with Gasteiger partial charge in [-0.3, -0.25) is 14.4 Å². The number of aliphatic hydroxyl groups excluding tert-OH is 2. The van der Waals surface area contributed by atoms with Crippen LogP contribution in [0.4, 0.5) is 10.1 Å². The number of aromatic nitrogens is 1. The van der Waals surface area contributed by atoms with E-state index in [1.807, 2.05) is 85.2 Å². The van der Waals surface area contributed by atoms with Crippen LogP contribution in [0.25, 0.3) is 22.4 Å². The zero-order valence-corrected chi connectivity index (χ0v) is 40.5. The quantitative estimate of drug-likeness (QED) is 0.0404. The number of nitrogens with one attached hydrogen (secondary N) is 2. The number of nitrogens with zero attached hydrogens (tertiary/aromatic N) is 2. The van der Waals surface area contributed by atoms with Gasteiger partial charge in [-0.2, -0.15) is 0 Å². The highest BCUT2D eigenvalue weighted by atomic mass is 19.1. The first kappa shape index (κ1) is 54.2. The average Bonchev–Trinajstić information content (AvgIpc) is 3.68. The minimum Gasteiger partial charge on any atom is -0.393 e. The lowest BCUT2D eigenvalue weighted by atomic mass is 9.94. The van der Waals surface area contributed by atoms with Gasteiger partial charge >= 0.3 is 0 Å². The van der Waals surface area contributed by atoms with Gasteiger partial charge in [0.15, 0.2) is 0 Å². The summed E-state index contributed by atoms with van der Waals surface area (Å²) in [6, 6.07) is 25.0. The Labute approximate surface area is 404 Å². The molecular weight excluding hydrogens is 852 g/mol. The third-order valence-corrected chi connectivity index (χ3v) is 11.3. The Kier molecular flexibility index (Phi) is 24.6. The molecule has 4 N–H and O–H groups in total. The summed E-state index contributed by atoms with van der Waals surface area (Å²) in [5.74, 6) is -1.21. The summed E-state index contributed by atoms with van der Waals surface area (Å²) in [6.07, 6.45) is 30.3. The number of rotatable bonds is 29. The number of carbonyl (C=O) groups is 3. The standard InChI is InChI=1S/C58H73FN4O5/c1-5-6-7-8-9-10-11-12-13-14-15-16-17-18-19-20-21-22-29-34-53(67)62(4)42-40-60-52(66)44-51(65)43-50(64)39-41-63-56(45(2)3)55(58(68)61-49-32-27-24-28-33-49)54(46-30-25-23-26-31-46)57(63)47-35-37-48(59)38-36-47/h6-7,9-10,12-13,15-16,18-19,21-28,30-33,35-38,45,50-51,64-65H,5,8,11,14,17,20,29,34,39-44H2,1-4H3,(H,60,66)(H,61,68)/t50-,51-/m1/s1. The molecule has 9 nitrogen and oxygen atoms in total. The summed E-state index contributed by atoms with van der Waals surface area (Å²) in [4.78, 5) is 41.4. The fourth-order valence-corrected chi connectivity index (χ4v) is 7.81. The molecule has 4 rings (SSSR count). The number of benzene rings is 3. The van der Waals surface area contributed by atoms with Crippen molar-refractivity contribution >= 4 is 23.4 Å². The maximum absolute atomic E-state index is 14.3. The van der Waals surface area contributed by atoms with E-state index in [0.29, 0.717) is 47.5 Å². The van der Waals surface area contributed by atoms with E-state index >= 15 is 0 Å². The van der Waals surface area contributed by atoms with Gasteiger partial charge in [0.1, 0.15) is 5.82 Å². The first-order valence-electron chi connectivity index (χ1n) is 24.2. The predicted octanol–water partition coefficient (Wildman–Crippen LogP) is 12.3. The number of para-hydroxylation sites is 1. The van der Waals surface area contributed by atoms with Crippen molar-refractivity contribution < 1.29 is 29.0 Å². The predicted molar refractivity (Wildman–Crippen MR) is 278 cm³/mol. The molecule has 4 aromatic rings. The van der Waals surface area contributed by atoms with Gasteiger partial charge in [-0.15, -0.1) is 0 Å². The molecule has 1 aromatic heterocycles. The number of likely N-dealkylation sites (N-methyl/N-ethyl adjacent to an activating group) is 1. The molecule has 0 saturated carbocycles. The molecule has 0 radical (unpaired) electrons. The van der Waals surface area contributed by atoms with Crippen LogP contribution in [0.2, 0.25) is 0 Å². The smallest absolute Gasteiger partial charge is 0.258 e. The van der Waals surface area contributed by atoms with E-state index in [2.05, 4.69) is 84.4 Å². The van der Waals surface area contributed by atoms with E-state index in [-0.39, 0.29) is 61.8 Å². The second kappa shape index (κ2) is 30.8. The number of carbonyl (C=O) groups excluding carboxylic acids is 3. The molecule has 0 aliphatic carbocycles. The van der Waals surface area contributed by atoms with E-state index in [4.69, 9.17) is 0 Å². The van der Waals surface area contributed by atoms with Gasteiger partial charge in [-0.05, 0) is 111 Å². The summed E-state index contributed by atoms with van der Waals surface area (Å²) in [5.41, 5.74) is 4.79. The Morgan fingerprint density at radius 1 is 0.706 bits per heavy atom. The zero-order chi connectivity index (χ0) is 48.9. The zero-order valence-electron chi connectivity index (χ0n) is 40.5. The van der Waals surface area contributed by atoms with Crippen LogP contribution in [0.5, 0.6) is 0 Å². The first-order valence-corrected chi connectivity index (χ1v) is 24.2. The Morgan fingerprint density at radius 3 is 1.81 bits per heavy atom. The molecule has 2 atom stereocenters. The number of anilines is 1. The molecular formula is C58H73FN4O5. The van der Waals surface area contributed by atoms with Crippen LogP contribution in [0.15, 0.2) is 158 Å². The second-order valence-electron chi connectivity index (χ2n) is 17.1. The van der Waals surface area contributed by atoms with Crippen molar-refractivity contribution in [1.29, 1.82) is 0 Å². The van der Waals surface area contributed by atoms with E-state index in [1.54, 1.807) is 24.1 Å². The minimum atomic E-state index is -1.11. The molecule has 0 bridgehead atoms. The Morgan fingerprint density at radius 2 is 1.25 bits per heavy atom. The molecule has 1 heterocycles. The number of hydrogen-bond donors (Lipinski definition) is 4. The van der Waals surface area contributed by atoms with Crippen molar-refractivity contribution in [3.8, 4) is 22.4 Å². The lowest BCUT2D eigenvalue weighted by molar-refractivity contribution is -0.130. The van der Waals surface area contributed by atoms with Gasteiger partial charge in [-0.25, -0.2) is 4.39 Å². The molecule has 0 aliphatic heterocycles. The van der Waals surface area contributed by atoms with Crippen LogP contribution in [0.3, 0.4) is 0 Å². The van der Waals surface area contributed by atoms with Crippen molar-refractivity contribution in [1.82, 2.24) is 14.8 Å². The maximum Gasteiger partial charge on any atom is 0.258 e. The molecule has 68 heavy (non-hydrogen) atoms. The van der Waals surface area contributed by atoms with Gasteiger partial charge < -0.3 is 30.3 Å². The number of allylic oxidation sites excluding steroid dienone is 12. The molecule has 0 aliphatic rings. The van der Waals surface area contributed by atoms with Crippen molar-refractivity contribution in [3.63, 3.8) is 0 Å². The van der Waals surface area contributed by atoms with E-state index in [9.17, 15) is 29.0 Å². The molecule has 3 aromatic carbocycles. The number of hydrogen-bond acceptors (Lipinski definition) is 5. The van der Waals surface area contributed by atoms with E-state index in [0.717, 1.165) is 49.8 Å². The largest absolute Gasteiger partial charge is 0.393 e. The Hall–Kier alpha value is -6.36. The van der Waals surface area contributed by atoms with Crippen LogP contribution < -0.4 is 10.6 Å². The lowest BCUT2D eigenvalue weighted by Gasteiger charge is -2.20. The van der Waals surface area contributed by atoms with Crippen LogP contribution in [0, 0.1) is 5.82 Å². The summed E-state index contributed by atoms with van der Waals surface area (Å²) in [5, 5.41) is 28.0. The number of aliphatic hydroxyl groups is 2. The van der Waals surface area contributed by atoms with Gasteiger partial charge in [0, 0.05) is 50.0 Å². The normalized spacial score (nSPS) is 13.0. The van der Waals surface area contributed by atoms with Gasteiger partial charge in [-0.1, -0.05) is 142 Å². The van der Waals surface area contributed by atoms with Crippen LogP contribution in [-0.4, -0.2) is 69.7 Å². The number of amides is 3. The van der Waals surface area contributed by atoms with Crippen LogP contribution in [-0.2, 0) is 16.1 Å². The number of halogens is 1. The van der Waals surface area contributed by atoms with Crippen molar-refractivity contribution in [3.05, 3.63) is 175 Å². The molecule has 10 heteroatoms. The molecule has 362 valence electrons. The second-order valence-corrected chi connectivity index (χ2v) is 17.1. The van der Waals surface area contributed by atoms with E-state index in [1.165, 1.54) is 12.1 Å². The third-order valence-electron chi connectivity index (χ3n) is 11.3. The SMILES string of the molecule is CCC=CCC=CCC=CCC=CCC=CCC=CCCC(=O)N(C)CCNC(=O)C[C@H](O)C[C@H](O)CCn1c(-c2ccc(F)cc2)c(-c2ccccc2)c(C(=O)Nc2ccccc2)c1C(C)C. The molecule has 3 amide bonds. The maximum atomic E-state index is 14.3. The van der Waals surface area contributed by atoms with Crippen LogP contribution in [0.1, 0.15) is 113 Å². The highest BCUT2D eigenvalue weighted by Crippen LogP contribution is 2.42. The Bertz CT molecular complexity index is 2310. The summed E-state index contributed by atoms with van der Waals surface area (Å²) in [6.45, 7) is 7.00. The Balaban J connectivity index is 1.23. The van der Waals surface area contributed by atoms with Gasteiger partial charge in [0.2, 0.25) is 11.8 Å². The fraction of sp³-hybridized carbons (Fsp3) is 0.362. The lowest BCUT2D eigenvalue weighted by Crippen LogP contribution is -2.37. The van der Waals surface area contributed by atoms with E-state index < -0.39 is 12.2 Å². The van der Waals surface area contributed by atoms with Gasteiger partial charge in [0.25, 0.3) is 5.91 Å². The highest BCUT2D eigenvalue weighted by Gasteiger charge is 2.31. The van der Waals surface area contributed by atoms with Gasteiger partial charge in [0.05, 0.1) is 29.9 Å². The molecule has 0 spiro atoms. The monoisotopic (exact) mass is 925 g/mol. The van der Waals surface area contributed by atoms with Crippen molar-refractivity contribution in [2.24, 2.45) is 0 Å². The third kappa shape index (κ3) is 19.1. The molecule has 0 fully saturated rings. The summed E-state index contributed by atoms with van der Waals surface area (Å²) in [7, 11) is 1.71. The highest BCUT2D eigenvalue weighted by molar-refractivity contribution is 6.12. The molecule has 0 unspecified atom stereocenters. The summed E-state index contributed by atoms with van der Waals surface area (Å²) < 4.78 is 16.3.